The van der Waals surface area contributed by atoms with E-state index in [1.807, 2.05) is 49.7 Å². The highest BCUT2D eigenvalue weighted by molar-refractivity contribution is 5.90. The minimum atomic E-state index is 0.572. The molecule has 0 unspecified atom stereocenters. The number of ether oxygens (including phenoxy) is 2. The van der Waals surface area contributed by atoms with Gasteiger partial charge in [-0.3, -0.25) is 4.68 Å². The Kier molecular flexibility index (Phi) is 8.87. The Hall–Kier alpha value is -2.78. The predicted molar refractivity (Wildman–Crippen MR) is 139 cm³/mol. The van der Waals surface area contributed by atoms with Crippen LogP contribution in [0, 0.1) is 12.8 Å². The molecule has 1 N–H and O–H groups in total. The highest BCUT2D eigenvalue weighted by Gasteiger charge is 2.20. The Bertz CT molecular complexity index is 1090. The zero-order chi connectivity index (χ0) is 24.6. The highest BCUT2D eigenvalue weighted by Crippen LogP contribution is 2.29. The Morgan fingerprint density at radius 3 is 2.69 bits per heavy atom. The van der Waals surface area contributed by atoms with Crippen molar-refractivity contribution in [2.75, 3.05) is 50.7 Å². The van der Waals surface area contributed by atoms with E-state index >= 15 is 0 Å². The van der Waals surface area contributed by atoms with Gasteiger partial charge in [-0.25, -0.2) is 9.97 Å². The molecule has 1 aliphatic rings. The lowest BCUT2D eigenvalue weighted by molar-refractivity contribution is 0.0870. The summed E-state index contributed by atoms with van der Waals surface area (Å²) >= 11 is 0. The summed E-state index contributed by atoms with van der Waals surface area (Å²) in [5, 5.41) is 8.36. The lowest BCUT2D eigenvalue weighted by Gasteiger charge is -2.21. The molecule has 0 aromatic carbocycles. The molecule has 0 spiro atoms. The fourth-order valence-corrected chi connectivity index (χ4v) is 4.54. The van der Waals surface area contributed by atoms with Crippen LogP contribution in [0.1, 0.15) is 50.3 Å². The number of fused-ring (bicyclic) bond motifs is 1. The van der Waals surface area contributed by atoms with Gasteiger partial charge in [-0.05, 0) is 50.3 Å². The number of aryl methyl sites for hydroxylation is 1. The molecular formula is C26H39N7O2. The lowest BCUT2D eigenvalue weighted by atomic mass is 9.90. The Morgan fingerprint density at radius 2 is 1.94 bits per heavy atom. The van der Waals surface area contributed by atoms with Gasteiger partial charge >= 0.3 is 0 Å². The summed E-state index contributed by atoms with van der Waals surface area (Å²) < 4.78 is 13.7. The molecule has 3 heterocycles. The Balaban J connectivity index is 1.62. The minimum Gasteiger partial charge on any atom is -0.381 e. The van der Waals surface area contributed by atoms with Gasteiger partial charge in [0, 0.05) is 39.9 Å². The van der Waals surface area contributed by atoms with E-state index in [1.165, 1.54) is 32.1 Å². The average Bonchev–Trinajstić information content (AvgIpc) is 3.20. The number of nitrogens with one attached hydrogen (secondary N) is 1. The van der Waals surface area contributed by atoms with Crippen molar-refractivity contribution in [3.8, 4) is 0 Å². The van der Waals surface area contributed by atoms with E-state index in [2.05, 4.69) is 10.3 Å². The van der Waals surface area contributed by atoms with Crippen molar-refractivity contribution in [2.24, 2.45) is 5.92 Å². The van der Waals surface area contributed by atoms with Crippen LogP contribution in [-0.4, -0.2) is 65.3 Å². The summed E-state index contributed by atoms with van der Waals surface area (Å²) in [5.74, 6) is 2.76. The number of nitrogens with zero attached hydrogens (tertiary/aromatic N) is 6. The second kappa shape index (κ2) is 12.3. The third-order valence-corrected chi connectivity index (χ3v) is 6.42. The number of anilines is 3. The van der Waals surface area contributed by atoms with E-state index in [0.29, 0.717) is 50.5 Å². The van der Waals surface area contributed by atoms with E-state index < -0.39 is 0 Å². The largest absolute Gasteiger partial charge is 0.381 e. The van der Waals surface area contributed by atoms with Crippen molar-refractivity contribution in [1.29, 1.82) is 0 Å². The van der Waals surface area contributed by atoms with Crippen LogP contribution in [0.15, 0.2) is 18.3 Å². The van der Waals surface area contributed by atoms with Crippen molar-refractivity contribution in [1.82, 2.24) is 24.7 Å². The second-order valence-corrected chi connectivity index (χ2v) is 9.50. The number of pyridine rings is 1. The summed E-state index contributed by atoms with van der Waals surface area (Å²) in [7, 11) is 3.89. The van der Waals surface area contributed by atoms with E-state index in [0.717, 1.165) is 34.7 Å². The van der Waals surface area contributed by atoms with Crippen LogP contribution >= 0.6 is 0 Å². The number of hydrogen-bond acceptors (Lipinski definition) is 8. The van der Waals surface area contributed by atoms with Crippen LogP contribution in [0.2, 0.25) is 0 Å². The number of hydrogen-bond donors (Lipinski definition) is 1. The molecule has 1 fully saturated rings. The third-order valence-electron chi connectivity index (χ3n) is 6.42. The SMILES string of the molecule is CCOCCn1nc(CCOCC2CCCCC2)c2nc(N(C)C)nc(Nc3cc(C)ccn3)c21. The van der Waals surface area contributed by atoms with Gasteiger partial charge in [-0.2, -0.15) is 10.1 Å². The first-order chi connectivity index (χ1) is 17.0. The van der Waals surface area contributed by atoms with E-state index in [1.54, 1.807) is 6.20 Å². The van der Waals surface area contributed by atoms with Gasteiger partial charge in [0.1, 0.15) is 16.9 Å². The molecule has 0 aliphatic heterocycles. The maximum Gasteiger partial charge on any atom is 0.227 e. The van der Waals surface area contributed by atoms with Crippen LogP contribution in [0.3, 0.4) is 0 Å². The summed E-state index contributed by atoms with van der Waals surface area (Å²) in [5.41, 5.74) is 3.75. The molecule has 0 bridgehead atoms. The molecular weight excluding hydrogens is 442 g/mol. The molecule has 190 valence electrons. The maximum absolute atomic E-state index is 6.10. The van der Waals surface area contributed by atoms with Crippen LogP contribution in [-0.2, 0) is 22.4 Å². The molecule has 3 aromatic heterocycles. The van der Waals surface area contributed by atoms with Gasteiger partial charge in [0.25, 0.3) is 0 Å². The van der Waals surface area contributed by atoms with Gasteiger partial charge in [0.05, 0.1) is 25.5 Å². The summed E-state index contributed by atoms with van der Waals surface area (Å²) in [6, 6.07) is 3.98. The average molecular weight is 482 g/mol. The third kappa shape index (κ3) is 6.67. The quantitative estimate of drug-likeness (QED) is 0.378. The molecule has 9 nitrogen and oxygen atoms in total. The van der Waals surface area contributed by atoms with Gasteiger partial charge < -0.3 is 19.7 Å². The second-order valence-electron chi connectivity index (χ2n) is 9.50. The van der Waals surface area contributed by atoms with Crippen molar-refractivity contribution in [3.05, 3.63) is 29.6 Å². The number of aromatic nitrogens is 5. The van der Waals surface area contributed by atoms with Crippen LogP contribution in [0.5, 0.6) is 0 Å². The lowest BCUT2D eigenvalue weighted by Crippen LogP contribution is -2.15. The Morgan fingerprint density at radius 1 is 1.11 bits per heavy atom. The zero-order valence-corrected chi connectivity index (χ0v) is 21.6. The molecule has 1 saturated carbocycles. The fourth-order valence-electron chi connectivity index (χ4n) is 4.54. The van der Waals surface area contributed by atoms with Crippen molar-refractivity contribution in [2.45, 2.75) is 58.9 Å². The summed E-state index contributed by atoms with van der Waals surface area (Å²) in [6.45, 7) is 7.38. The summed E-state index contributed by atoms with van der Waals surface area (Å²) in [6.07, 6.45) is 9.11. The van der Waals surface area contributed by atoms with Gasteiger partial charge in [0.2, 0.25) is 5.95 Å². The molecule has 0 saturated heterocycles. The molecule has 3 aromatic rings. The zero-order valence-electron chi connectivity index (χ0n) is 21.6. The van der Waals surface area contributed by atoms with Crippen molar-refractivity contribution >= 4 is 28.6 Å². The van der Waals surface area contributed by atoms with Crippen molar-refractivity contribution < 1.29 is 9.47 Å². The fraction of sp³-hybridized carbons (Fsp3) is 0.615. The van der Waals surface area contributed by atoms with Crippen LogP contribution < -0.4 is 10.2 Å². The van der Waals surface area contributed by atoms with Crippen LogP contribution in [0.25, 0.3) is 11.0 Å². The van der Waals surface area contributed by atoms with E-state index in [9.17, 15) is 0 Å². The maximum atomic E-state index is 6.10. The molecule has 0 atom stereocenters. The smallest absolute Gasteiger partial charge is 0.227 e. The first-order valence-corrected chi connectivity index (χ1v) is 12.8. The minimum absolute atomic E-state index is 0.572. The first-order valence-electron chi connectivity index (χ1n) is 12.8. The van der Waals surface area contributed by atoms with E-state index in [4.69, 9.17) is 24.5 Å². The van der Waals surface area contributed by atoms with Gasteiger partial charge in [0.15, 0.2) is 5.82 Å². The summed E-state index contributed by atoms with van der Waals surface area (Å²) in [4.78, 5) is 16.1. The molecule has 1 aliphatic carbocycles. The molecule has 9 heteroatoms. The standard InChI is InChI=1S/C26H39N7O2/c1-5-34-16-14-33-24-23(21(31-33)12-15-35-18-20-9-7-6-8-10-20)29-26(32(3)4)30-25(24)28-22-17-19(2)11-13-27-22/h11,13,17,20H,5-10,12,14-16,18H2,1-4H3,(H,27,28,29,30). The Labute approximate surface area is 208 Å². The number of rotatable bonds is 12. The van der Waals surface area contributed by atoms with E-state index in [-0.39, 0.29) is 0 Å². The normalized spacial score (nSPS) is 14.5. The predicted octanol–water partition coefficient (Wildman–Crippen LogP) is 4.52. The van der Waals surface area contributed by atoms with Crippen LogP contribution in [0.4, 0.5) is 17.6 Å². The molecule has 0 radical (unpaired) electrons. The van der Waals surface area contributed by atoms with Gasteiger partial charge in [-0.15, -0.1) is 0 Å². The van der Waals surface area contributed by atoms with Gasteiger partial charge in [-0.1, -0.05) is 19.3 Å². The van der Waals surface area contributed by atoms with Crippen molar-refractivity contribution in [3.63, 3.8) is 0 Å². The first kappa shape index (κ1) is 25.3. The highest BCUT2D eigenvalue weighted by atomic mass is 16.5. The monoisotopic (exact) mass is 481 g/mol. The topological polar surface area (TPSA) is 90.2 Å². The molecule has 4 rings (SSSR count). The molecule has 0 amide bonds. The molecule has 35 heavy (non-hydrogen) atoms.